The first-order valence-electron chi connectivity index (χ1n) is 14.4. The van der Waals surface area contributed by atoms with Gasteiger partial charge in [-0.05, 0) is 67.1 Å². The number of morpholine rings is 1. The minimum atomic E-state index is -0.707. The molecule has 2 fully saturated rings. The number of rotatable bonds is 10. The number of Topliss-reactive ketones (excluding diaryl/α,β-unsaturated/α-hetero) is 1. The monoisotopic (exact) mass is 548 g/mol. The number of nitrogens with zero attached hydrogens (tertiary/aromatic N) is 2. The van der Waals surface area contributed by atoms with Gasteiger partial charge in [-0.15, -0.1) is 0 Å². The predicted octanol–water partition coefficient (Wildman–Crippen LogP) is 4.58. The van der Waals surface area contributed by atoms with Gasteiger partial charge in [0, 0.05) is 38.2 Å². The Balaban J connectivity index is 1.47. The normalized spacial score (nSPS) is 22.6. The number of amides is 1. The van der Waals surface area contributed by atoms with E-state index in [1.54, 1.807) is 11.0 Å². The summed E-state index contributed by atoms with van der Waals surface area (Å²) in [6.45, 7) is 11.2. The van der Waals surface area contributed by atoms with Crippen LogP contribution in [0.2, 0.25) is 0 Å². The van der Waals surface area contributed by atoms with Gasteiger partial charge in [-0.3, -0.25) is 14.5 Å². The molecule has 3 heterocycles. The number of likely N-dealkylation sites (tertiary alicyclic amines) is 1. The van der Waals surface area contributed by atoms with Gasteiger partial charge >= 0.3 is 0 Å². The molecule has 0 unspecified atom stereocenters. The van der Waals surface area contributed by atoms with Crippen molar-refractivity contribution in [1.29, 1.82) is 0 Å². The van der Waals surface area contributed by atoms with E-state index in [1.165, 1.54) is 0 Å². The van der Waals surface area contributed by atoms with Gasteiger partial charge in [0.25, 0.3) is 11.7 Å². The Labute approximate surface area is 236 Å². The molecule has 8 heteroatoms. The zero-order valence-corrected chi connectivity index (χ0v) is 23.7. The van der Waals surface area contributed by atoms with E-state index in [0.29, 0.717) is 50.0 Å². The number of benzene rings is 2. The highest BCUT2D eigenvalue weighted by molar-refractivity contribution is 6.46. The second-order valence-corrected chi connectivity index (χ2v) is 11.4. The van der Waals surface area contributed by atoms with E-state index < -0.39 is 17.7 Å². The summed E-state index contributed by atoms with van der Waals surface area (Å²) >= 11 is 0. The van der Waals surface area contributed by atoms with E-state index in [1.807, 2.05) is 43.3 Å². The van der Waals surface area contributed by atoms with Gasteiger partial charge in [-0.2, -0.15) is 0 Å². The molecule has 1 amide bonds. The number of hydrogen-bond donors (Lipinski definition) is 1. The average molecular weight is 549 g/mol. The third-order valence-corrected chi connectivity index (χ3v) is 7.82. The molecule has 2 aromatic rings. The number of fused-ring (bicyclic) bond motifs is 1. The van der Waals surface area contributed by atoms with Crippen LogP contribution in [0.15, 0.2) is 48.0 Å². The molecule has 0 bridgehead atoms. The fraction of sp³-hybridized carbons (Fsp3) is 0.500. The van der Waals surface area contributed by atoms with Crippen LogP contribution in [-0.4, -0.2) is 78.7 Å². The fourth-order valence-electron chi connectivity index (χ4n) is 5.66. The molecule has 8 nitrogen and oxygen atoms in total. The Kier molecular flexibility index (Phi) is 8.76. The Bertz CT molecular complexity index is 1270. The van der Waals surface area contributed by atoms with Crippen molar-refractivity contribution in [2.75, 3.05) is 46.0 Å². The lowest BCUT2D eigenvalue weighted by atomic mass is 9.94. The molecule has 0 aliphatic carbocycles. The highest BCUT2D eigenvalue weighted by atomic mass is 16.5. The van der Waals surface area contributed by atoms with Crippen LogP contribution in [0.25, 0.3) is 5.76 Å². The van der Waals surface area contributed by atoms with Crippen LogP contribution in [0.3, 0.4) is 0 Å². The van der Waals surface area contributed by atoms with E-state index in [0.717, 1.165) is 49.4 Å². The summed E-state index contributed by atoms with van der Waals surface area (Å²) < 4.78 is 17.3. The van der Waals surface area contributed by atoms with Crippen LogP contribution in [0, 0.1) is 5.92 Å². The van der Waals surface area contributed by atoms with Crippen LogP contribution in [0.1, 0.15) is 56.3 Å². The molecule has 3 aliphatic heterocycles. The topological polar surface area (TPSA) is 88.5 Å². The molecule has 0 aromatic heterocycles. The number of hydrogen-bond acceptors (Lipinski definition) is 7. The number of aliphatic hydroxyl groups excluding tert-OH is 1. The highest BCUT2D eigenvalue weighted by Gasteiger charge is 2.46. The van der Waals surface area contributed by atoms with E-state index in [-0.39, 0.29) is 17.4 Å². The lowest BCUT2D eigenvalue weighted by molar-refractivity contribution is -0.140. The van der Waals surface area contributed by atoms with Crippen LogP contribution < -0.4 is 9.47 Å². The molecule has 214 valence electrons. The van der Waals surface area contributed by atoms with Crippen LogP contribution in [0.4, 0.5) is 0 Å². The molecule has 2 saturated heterocycles. The van der Waals surface area contributed by atoms with Crippen molar-refractivity contribution in [1.82, 2.24) is 9.80 Å². The Morgan fingerprint density at radius 2 is 1.90 bits per heavy atom. The third kappa shape index (κ3) is 6.18. The summed E-state index contributed by atoms with van der Waals surface area (Å²) in [7, 11) is 0. The Hall–Kier alpha value is -3.36. The number of aliphatic hydroxyl groups is 1. The zero-order chi connectivity index (χ0) is 28.2. The molecular formula is C32H40N2O6. The summed E-state index contributed by atoms with van der Waals surface area (Å²) in [6.07, 6.45) is 2.42. The van der Waals surface area contributed by atoms with Crippen molar-refractivity contribution in [2.24, 2.45) is 5.92 Å². The first-order valence-corrected chi connectivity index (χ1v) is 14.4. The van der Waals surface area contributed by atoms with Gasteiger partial charge in [0.05, 0.1) is 31.4 Å². The maximum atomic E-state index is 13.5. The second-order valence-electron chi connectivity index (χ2n) is 11.4. The van der Waals surface area contributed by atoms with Gasteiger partial charge in [-0.25, -0.2) is 0 Å². The smallest absolute Gasteiger partial charge is 0.295 e. The van der Waals surface area contributed by atoms with Gasteiger partial charge in [0.2, 0.25) is 0 Å². The molecule has 40 heavy (non-hydrogen) atoms. The molecule has 0 saturated carbocycles. The van der Waals surface area contributed by atoms with Crippen molar-refractivity contribution in [3.63, 3.8) is 0 Å². The van der Waals surface area contributed by atoms with Crippen molar-refractivity contribution in [3.05, 3.63) is 64.7 Å². The van der Waals surface area contributed by atoms with Gasteiger partial charge in [0.1, 0.15) is 23.4 Å². The van der Waals surface area contributed by atoms with Crippen molar-refractivity contribution in [2.45, 2.75) is 52.2 Å². The lowest BCUT2D eigenvalue weighted by Crippen LogP contribution is -2.38. The van der Waals surface area contributed by atoms with Crippen molar-refractivity contribution >= 4 is 17.4 Å². The molecule has 2 aromatic carbocycles. The SMILES string of the molecule is CC(C)CCOc1cccc([C@@H]2C(=C(O)c3ccc4c(c3)C[C@H](C)O4)C(=O)C(=O)N2CCCN2CCOCC2)c1. The largest absolute Gasteiger partial charge is 0.507 e. The van der Waals surface area contributed by atoms with Crippen LogP contribution in [0.5, 0.6) is 11.5 Å². The molecule has 0 spiro atoms. The third-order valence-electron chi connectivity index (χ3n) is 7.82. The first kappa shape index (κ1) is 28.2. The molecule has 1 N–H and O–H groups in total. The standard InChI is InChI=1S/C32H40N2O6/c1-21(2)10-15-39-26-7-4-6-23(20-26)29-28(30(35)24-8-9-27-25(19-24)18-22(3)40-27)31(36)32(37)34(29)12-5-11-33-13-16-38-17-14-33/h4,6-9,19-22,29,35H,5,10-18H2,1-3H3/t22-,29+/m0/s1. The average Bonchev–Trinajstić information content (AvgIpc) is 3.44. The molecule has 0 radical (unpaired) electrons. The number of ketones is 1. The Morgan fingerprint density at radius 1 is 1.10 bits per heavy atom. The zero-order valence-electron chi connectivity index (χ0n) is 23.7. The van der Waals surface area contributed by atoms with Crippen LogP contribution >= 0.6 is 0 Å². The highest BCUT2D eigenvalue weighted by Crippen LogP contribution is 2.41. The summed E-state index contributed by atoms with van der Waals surface area (Å²) in [4.78, 5) is 30.9. The van der Waals surface area contributed by atoms with Crippen LogP contribution in [-0.2, 0) is 20.7 Å². The quantitative estimate of drug-likeness (QED) is 0.264. The van der Waals surface area contributed by atoms with E-state index >= 15 is 0 Å². The molecule has 3 aliphatic rings. The van der Waals surface area contributed by atoms with Gasteiger partial charge < -0.3 is 24.2 Å². The molecular weight excluding hydrogens is 508 g/mol. The van der Waals surface area contributed by atoms with Crippen molar-refractivity contribution < 1.29 is 28.9 Å². The minimum Gasteiger partial charge on any atom is -0.507 e. The van der Waals surface area contributed by atoms with E-state index in [4.69, 9.17) is 14.2 Å². The summed E-state index contributed by atoms with van der Waals surface area (Å²) in [6, 6.07) is 12.3. The number of carbonyl (C=O) groups is 2. The number of carbonyl (C=O) groups excluding carboxylic acids is 2. The van der Waals surface area contributed by atoms with E-state index in [9.17, 15) is 14.7 Å². The first-order chi connectivity index (χ1) is 19.3. The number of ether oxygens (including phenoxy) is 3. The molecule has 2 atom stereocenters. The summed E-state index contributed by atoms with van der Waals surface area (Å²) in [5, 5.41) is 11.5. The minimum absolute atomic E-state index is 0.0582. The van der Waals surface area contributed by atoms with E-state index in [2.05, 4.69) is 18.7 Å². The predicted molar refractivity (Wildman–Crippen MR) is 153 cm³/mol. The lowest BCUT2D eigenvalue weighted by Gasteiger charge is -2.29. The maximum absolute atomic E-state index is 13.5. The van der Waals surface area contributed by atoms with Crippen molar-refractivity contribution in [3.8, 4) is 11.5 Å². The van der Waals surface area contributed by atoms with Gasteiger partial charge in [0.15, 0.2) is 0 Å². The summed E-state index contributed by atoms with van der Waals surface area (Å²) in [5.74, 6) is 0.578. The second kappa shape index (κ2) is 12.4. The van der Waals surface area contributed by atoms with Gasteiger partial charge in [-0.1, -0.05) is 26.0 Å². The maximum Gasteiger partial charge on any atom is 0.295 e. The Morgan fingerprint density at radius 3 is 2.67 bits per heavy atom. The molecule has 5 rings (SSSR count). The summed E-state index contributed by atoms with van der Waals surface area (Å²) in [5.41, 5.74) is 2.35. The fourth-order valence-corrected chi connectivity index (χ4v) is 5.66.